The fourth-order valence-corrected chi connectivity index (χ4v) is 2.87. The summed E-state index contributed by atoms with van der Waals surface area (Å²) in [5.74, 6) is 0.359. The van der Waals surface area contributed by atoms with E-state index < -0.39 is 6.09 Å². The molecule has 1 aromatic rings. The van der Waals surface area contributed by atoms with Crippen molar-refractivity contribution in [2.75, 3.05) is 6.61 Å². The smallest absolute Gasteiger partial charge is 0.417 e. The van der Waals surface area contributed by atoms with Crippen molar-refractivity contribution in [2.24, 2.45) is 5.92 Å². The van der Waals surface area contributed by atoms with Gasteiger partial charge in [-0.1, -0.05) is 63.1 Å². The van der Waals surface area contributed by atoms with Crippen molar-refractivity contribution in [1.82, 2.24) is 4.90 Å². The first kappa shape index (κ1) is 17.3. The van der Waals surface area contributed by atoms with Gasteiger partial charge < -0.3 is 4.74 Å². The Morgan fingerprint density at radius 1 is 1.35 bits per heavy atom. The molecule has 1 heterocycles. The van der Waals surface area contributed by atoms with E-state index in [1.165, 1.54) is 23.8 Å². The number of cyclic esters (lactones) is 1. The summed E-state index contributed by atoms with van der Waals surface area (Å²) < 4.78 is 5.06. The van der Waals surface area contributed by atoms with Crippen LogP contribution in [0.15, 0.2) is 42.5 Å². The number of ether oxygens (including phenoxy) is 1. The summed E-state index contributed by atoms with van der Waals surface area (Å²) in [6.07, 6.45) is 7.10. The van der Waals surface area contributed by atoms with Gasteiger partial charge in [0.1, 0.15) is 12.6 Å². The highest BCUT2D eigenvalue weighted by molar-refractivity contribution is 5.99. The molecule has 23 heavy (non-hydrogen) atoms. The Bertz CT molecular complexity index is 553. The zero-order chi connectivity index (χ0) is 16.7. The highest BCUT2D eigenvalue weighted by Gasteiger charge is 2.37. The number of imide groups is 1. The molecule has 0 N–H and O–H groups in total. The summed E-state index contributed by atoms with van der Waals surface area (Å²) in [7, 11) is 0. The second-order valence-corrected chi connectivity index (χ2v) is 6.09. The highest BCUT2D eigenvalue weighted by atomic mass is 16.6. The number of allylic oxidation sites excluding steroid dienone is 1. The van der Waals surface area contributed by atoms with E-state index in [9.17, 15) is 9.59 Å². The largest absolute Gasteiger partial charge is 0.446 e. The monoisotopic (exact) mass is 315 g/mol. The fraction of sp³-hybridized carbons (Fsp3) is 0.474. The van der Waals surface area contributed by atoms with Crippen molar-refractivity contribution < 1.29 is 14.3 Å². The van der Waals surface area contributed by atoms with Crippen LogP contribution in [0, 0.1) is 5.92 Å². The van der Waals surface area contributed by atoms with E-state index in [1.807, 2.05) is 36.4 Å². The number of rotatable bonds is 7. The second-order valence-electron chi connectivity index (χ2n) is 6.09. The molecule has 1 saturated heterocycles. The van der Waals surface area contributed by atoms with E-state index in [2.05, 4.69) is 13.8 Å². The van der Waals surface area contributed by atoms with Gasteiger partial charge >= 0.3 is 6.09 Å². The van der Waals surface area contributed by atoms with Crippen molar-refractivity contribution >= 4 is 12.0 Å². The number of hydrogen-bond donors (Lipinski definition) is 0. The first-order chi connectivity index (χ1) is 11.1. The molecule has 124 valence electrons. The van der Waals surface area contributed by atoms with Gasteiger partial charge in [-0.2, -0.15) is 0 Å². The lowest BCUT2D eigenvalue weighted by atomic mass is 10.0. The van der Waals surface area contributed by atoms with Gasteiger partial charge in [0.2, 0.25) is 0 Å². The SMILES string of the molecule is CCCC(C)CC/C=C/C(=O)N1C(=O)OCC1c1ccccc1. The Morgan fingerprint density at radius 2 is 2.09 bits per heavy atom. The van der Waals surface area contributed by atoms with Gasteiger partial charge in [-0.05, 0) is 30.4 Å². The van der Waals surface area contributed by atoms with E-state index in [4.69, 9.17) is 4.74 Å². The molecule has 1 aromatic carbocycles. The normalized spacial score (nSPS) is 19.1. The quantitative estimate of drug-likeness (QED) is 0.697. The third-order valence-corrected chi connectivity index (χ3v) is 4.16. The van der Waals surface area contributed by atoms with E-state index in [0.717, 1.165) is 18.4 Å². The summed E-state index contributed by atoms with van der Waals surface area (Å²) in [5.41, 5.74) is 0.914. The zero-order valence-corrected chi connectivity index (χ0v) is 13.9. The maximum Gasteiger partial charge on any atom is 0.417 e. The summed E-state index contributed by atoms with van der Waals surface area (Å²) >= 11 is 0. The number of amides is 2. The fourth-order valence-electron chi connectivity index (χ4n) is 2.87. The van der Waals surface area contributed by atoms with E-state index in [-0.39, 0.29) is 18.6 Å². The molecule has 0 aromatic heterocycles. The number of carbonyl (C=O) groups excluding carboxylic acids is 2. The van der Waals surface area contributed by atoms with Crippen LogP contribution in [-0.2, 0) is 9.53 Å². The summed E-state index contributed by atoms with van der Waals surface area (Å²) in [6, 6.07) is 9.17. The first-order valence-corrected chi connectivity index (χ1v) is 8.35. The summed E-state index contributed by atoms with van der Waals surface area (Å²) in [4.78, 5) is 25.4. The molecular weight excluding hydrogens is 290 g/mol. The van der Waals surface area contributed by atoms with Crippen LogP contribution in [0.3, 0.4) is 0 Å². The van der Waals surface area contributed by atoms with Crippen molar-refractivity contribution in [1.29, 1.82) is 0 Å². The number of nitrogens with zero attached hydrogens (tertiary/aromatic N) is 1. The first-order valence-electron chi connectivity index (χ1n) is 8.35. The summed E-state index contributed by atoms with van der Waals surface area (Å²) in [6.45, 7) is 4.62. The molecule has 0 spiro atoms. The van der Waals surface area contributed by atoms with Gasteiger partial charge in [-0.15, -0.1) is 0 Å². The van der Waals surface area contributed by atoms with Crippen LogP contribution in [0.1, 0.15) is 51.1 Å². The van der Waals surface area contributed by atoms with Crippen LogP contribution in [-0.4, -0.2) is 23.5 Å². The Balaban J connectivity index is 1.95. The average molecular weight is 315 g/mol. The molecule has 1 aliphatic heterocycles. The molecule has 4 heteroatoms. The molecule has 0 saturated carbocycles. The van der Waals surface area contributed by atoms with Crippen LogP contribution in [0.25, 0.3) is 0 Å². The number of hydrogen-bond acceptors (Lipinski definition) is 3. The van der Waals surface area contributed by atoms with Crippen LogP contribution in [0.5, 0.6) is 0 Å². The Hall–Kier alpha value is -2.10. The minimum atomic E-state index is -0.562. The predicted octanol–water partition coefficient (Wildman–Crippen LogP) is 4.48. The Labute approximate surface area is 138 Å². The van der Waals surface area contributed by atoms with Gasteiger partial charge in [0.25, 0.3) is 5.91 Å². The molecule has 2 atom stereocenters. The van der Waals surface area contributed by atoms with Gasteiger partial charge in [0.05, 0.1) is 0 Å². The molecule has 2 unspecified atom stereocenters. The van der Waals surface area contributed by atoms with Gasteiger partial charge in [-0.25, -0.2) is 9.69 Å². The highest BCUT2D eigenvalue weighted by Crippen LogP contribution is 2.27. The lowest BCUT2D eigenvalue weighted by Crippen LogP contribution is -2.32. The van der Waals surface area contributed by atoms with Crippen molar-refractivity contribution in [2.45, 2.75) is 45.6 Å². The van der Waals surface area contributed by atoms with Crippen molar-refractivity contribution in [3.05, 3.63) is 48.0 Å². The number of carbonyl (C=O) groups is 2. The minimum Gasteiger partial charge on any atom is -0.446 e. The third-order valence-electron chi connectivity index (χ3n) is 4.16. The van der Waals surface area contributed by atoms with E-state index in [1.54, 1.807) is 0 Å². The Morgan fingerprint density at radius 3 is 2.78 bits per heavy atom. The van der Waals surface area contributed by atoms with Crippen LogP contribution >= 0.6 is 0 Å². The summed E-state index contributed by atoms with van der Waals surface area (Å²) in [5, 5.41) is 0. The van der Waals surface area contributed by atoms with Gasteiger partial charge in [0, 0.05) is 0 Å². The standard InChI is InChI=1S/C19H25NO3/c1-3-9-15(2)10-7-8-13-18(21)20-17(14-23-19(20)22)16-11-5-4-6-12-16/h4-6,8,11-13,15,17H,3,7,9-10,14H2,1-2H3/b13-8+. The molecule has 0 radical (unpaired) electrons. The van der Waals surface area contributed by atoms with Gasteiger partial charge in [-0.3, -0.25) is 4.79 Å². The van der Waals surface area contributed by atoms with Crippen LogP contribution in [0.4, 0.5) is 4.79 Å². The lowest BCUT2D eigenvalue weighted by Gasteiger charge is -2.18. The Kier molecular flexibility index (Phi) is 6.39. The number of benzene rings is 1. The zero-order valence-electron chi connectivity index (χ0n) is 13.9. The van der Waals surface area contributed by atoms with Crippen molar-refractivity contribution in [3.8, 4) is 0 Å². The van der Waals surface area contributed by atoms with Crippen molar-refractivity contribution in [3.63, 3.8) is 0 Å². The molecule has 4 nitrogen and oxygen atoms in total. The molecule has 0 aliphatic carbocycles. The molecule has 0 bridgehead atoms. The topological polar surface area (TPSA) is 46.6 Å². The molecule has 1 aliphatic rings. The maximum absolute atomic E-state index is 12.3. The molecule has 2 amide bonds. The predicted molar refractivity (Wildman–Crippen MR) is 89.8 cm³/mol. The molecule has 1 fully saturated rings. The maximum atomic E-state index is 12.3. The molecular formula is C19H25NO3. The van der Waals surface area contributed by atoms with E-state index in [0.29, 0.717) is 5.92 Å². The second kappa shape index (κ2) is 8.51. The van der Waals surface area contributed by atoms with Gasteiger partial charge in [0.15, 0.2) is 0 Å². The average Bonchev–Trinajstić information content (AvgIpc) is 2.94. The minimum absolute atomic E-state index is 0.218. The van der Waals surface area contributed by atoms with Crippen LogP contribution in [0.2, 0.25) is 0 Å². The third kappa shape index (κ3) is 4.68. The van der Waals surface area contributed by atoms with E-state index >= 15 is 0 Å². The molecule has 2 rings (SSSR count). The van der Waals surface area contributed by atoms with Crippen LogP contribution < -0.4 is 0 Å². The lowest BCUT2D eigenvalue weighted by molar-refractivity contribution is -0.124.